The Kier molecular flexibility index (Phi) is 3.31. The average Bonchev–Trinajstić information content (AvgIpc) is 2.78. The number of amidine groups is 1. The fourth-order valence-electron chi connectivity index (χ4n) is 1.41. The van der Waals surface area contributed by atoms with Crippen molar-refractivity contribution < 1.29 is 0 Å². The zero-order chi connectivity index (χ0) is 11.4. The Morgan fingerprint density at radius 3 is 3.06 bits per heavy atom. The van der Waals surface area contributed by atoms with Crippen LogP contribution in [-0.4, -0.2) is 29.5 Å². The van der Waals surface area contributed by atoms with Crippen molar-refractivity contribution in [3.8, 4) is 0 Å². The minimum atomic E-state index is 0.585. The van der Waals surface area contributed by atoms with E-state index in [1.807, 2.05) is 23.2 Å². The molecule has 0 amide bonds. The summed E-state index contributed by atoms with van der Waals surface area (Å²) in [5, 5.41) is 12.7. The Labute approximate surface area is 99.6 Å². The van der Waals surface area contributed by atoms with Crippen LogP contribution in [0.25, 0.3) is 0 Å². The van der Waals surface area contributed by atoms with Gasteiger partial charge >= 0.3 is 0 Å². The highest BCUT2D eigenvalue weighted by Crippen LogP contribution is 2.14. The Balaban J connectivity index is 2.03. The summed E-state index contributed by atoms with van der Waals surface area (Å²) < 4.78 is 0. The van der Waals surface area contributed by atoms with Gasteiger partial charge in [0, 0.05) is 19.7 Å². The van der Waals surface area contributed by atoms with Gasteiger partial charge in [-0.15, -0.1) is 0 Å². The summed E-state index contributed by atoms with van der Waals surface area (Å²) in [5.41, 5.74) is 0. The molecule has 0 radical (unpaired) electrons. The van der Waals surface area contributed by atoms with E-state index < -0.39 is 0 Å². The van der Waals surface area contributed by atoms with Crippen molar-refractivity contribution in [1.82, 2.24) is 15.6 Å². The number of hydrazone groups is 1. The monoisotopic (exact) mass is 235 g/mol. The molecular weight excluding hydrogens is 222 g/mol. The van der Waals surface area contributed by atoms with E-state index >= 15 is 0 Å². The first-order valence-corrected chi connectivity index (χ1v) is 5.45. The van der Waals surface area contributed by atoms with Crippen LogP contribution in [0, 0.1) is 0 Å². The molecule has 1 aliphatic rings. The van der Waals surface area contributed by atoms with Crippen molar-refractivity contribution in [3.05, 3.63) is 24.4 Å². The van der Waals surface area contributed by atoms with Gasteiger partial charge in [-0.05, 0) is 24.4 Å². The van der Waals surface area contributed by atoms with E-state index in [0.29, 0.717) is 5.11 Å². The van der Waals surface area contributed by atoms with Gasteiger partial charge < -0.3 is 10.6 Å². The minimum absolute atomic E-state index is 0.585. The van der Waals surface area contributed by atoms with Crippen molar-refractivity contribution in [3.63, 3.8) is 0 Å². The van der Waals surface area contributed by atoms with Crippen LogP contribution >= 0.6 is 12.2 Å². The van der Waals surface area contributed by atoms with Crippen molar-refractivity contribution in [1.29, 1.82) is 0 Å². The van der Waals surface area contributed by atoms with Crippen LogP contribution in [0.15, 0.2) is 29.5 Å². The van der Waals surface area contributed by atoms with E-state index in [1.54, 1.807) is 13.2 Å². The average molecular weight is 235 g/mol. The first kappa shape index (κ1) is 10.8. The molecule has 1 aromatic rings. The Bertz CT molecular complexity index is 403. The van der Waals surface area contributed by atoms with Crippen LogP contribution < -0.4 is 15.6 Å². The maximum absolute atomic E-state index is 5.01. The topological polar surface area (TPSA) is 52.6 Å². The molecule has 6 heteroatoms. The van der Waals surface area contributed by atoms with E-state index in [4.69, 9.17) is 12.2 Å². The molecule has 0 saturated heterocycles. The van der Waals surface area contributed by atoms with E-state index in [0.717, 1.165) is 24.6 Å². The summed E-state index contributed by atoms with van der Waals surface area (Å²) in [6, 6.07) is 5.77. The quantitative estimate of drug-likeness (QED) is 0.702. The molecule has 0 saturated carbocycles. The summed E-state index contributed by atoms with van der Waals surface area (Å²) in [6.07, 6.45) is 2.60. The number of thiocarbonyl (C=S) groups is 1. The molecule has 0 unspecified atom stereocenters. The van der Waals surface area contributed by atoms with Crippen LogP contribution in [0.2, 0.25) is 0 Å². The third-order valence-electron chi connectivity index (χ3n) is 2.20. The SMILES string of the molecule is CNC(=S)NC1=NN(c2ccccn2)CC1. The number of aromatic nitrogens is 1. The van der Waals surface area contributed by atoms with Gasteiger partial charge in [-0.2, -0.15) is 5.10 Å². The number of rotatable bonds is 1. The summed E-state index contributed by atoms with van der Waals surface area (Å²) in [5.74, 6) is 1.72. The third kappa shape index (κ3) is 2.46. The molecule has 0 aliphatic carbocycles. The molecule has 2 rings (SSSR count). The molecule has 0 fully saturated rings. The molecule has 1 aromatic heterocycles. The molecule has 0 aromatic carbocycles. The van der Waals surface area contributed by atoms with Crippen LogP contribution in [-0.2, 0) is 0 Å². The van der Waals surface area contributed by atoms with Gasteiger partial charge in [-0.1, -0.05) is 6.07 Å². The molecule has 84 valence electrons. The van der Waals surface area contributed by atoms with Gasteiger partial charge in [0.05, 0.1) is 6.54 Å². The van der Waals surface area contributed by atoms with E-state index in [2.05, 4.69) is 20.7 Å². The smallest absolute Gasteiger partial charge is 0.171 e. The minimum Gasteiger partial charge on any atom is -0.365 e. The van der Waals surface area contributed by atoms with Gasteiger partial charge in [0.25, 0.3) is 0 Å². The van der Waals surface area contributed by atoms with Crippen LogP contribution in [0.1, 0.15) is 6.42 Å². The summed E-state index contributed by atoms with van der Waals surface area (Å²) in [7, 11) is 1.78. The molecule has 2 N–H and O–H groups in total. The fourth-order valence-corrected chi connectivity index (χ4v) is 1.53. The molecule has 16 heavy (non-hydrogen) atoms. The Morgan fingerprint density at radius 2 is 2.38 bits per heavy atom. The zero-order valence-electron chi connectivity index (χ0n) is 8.97. The number of hydrogen-bond donors (Lipinski definition) is 2. The lowest BCUT2D eigenvalue weighted by atomic mass is 10.4. The van der Waals surface area contributed by atoms with Gasteiger partial charge in [0.1, 0.15) is 11.7 Å². The second kappa shape index (κ2) is 4.89. The highest BCUT2D eigenvalue weighted by molar-refractivity contribution is 7.80. The molecule has 0 bridgehead atoms. The number of pyridine rings is 1. The largest absolute Gasteiger partial charge is 0.365 e. The lowest BCUT2D eigenvalue weighted by Gasteiger charge is -2.10. The maximum atomic E-state index is 5.01. The molecule has 1 aliphatic heterocycles. The zero-order valence-corrected chi connectivity index (χ0v) is 9.79. The second-order valence-electron chi connectivity index (χ2n) is 3.31. The predicted molar refractivity (Wildman–Crippen MR) is 68.4 cm³/mol. The van der Waals surface area contributed by atoms with E-state index in [-0.39, 0.29) is 0 Å². The van der Waals surface area contributed by atoms with Gasteiger partial charge in [0.2, 0.25) is 0 Å². The highest BCUT2D eigenvalue weighted by atomic mass is 32.1. The second-order valence-corrected chi connectivity index (χ2v) is 3.72. The first-order chi connectivity index (χ1) is 7.79. The molecule has 2 heterocycles. The van der Waals surface area contributed by atoms with Crippen LogP contribution in [0.3, 0.4) is 0 Å². The highest BCUT2D eigenvalue weighted by Gasteiger charge is 2.16. The van der Waals surface area contributed by atoms with Crippen molar-refractivity contribution in [2.75, 3.05) is 18.6 Å². The van der Waals surface area contributed by atoms with Crippen molar-refractivity contribution in [2.45, 2.75) is 6.42 Å². The number of nitrogens with zero attached hydrogens (tertiary/aromatic N) is 3. The summed E-state index contributed by atoms with van der Waals surface area (Å²) in [4.78, 5) is 4.24. The summed E-state index contributed by atoms with van der Waals surface area (Å²) >= 11 is 5.01. The van der Waals surface area contributed by atoms with E-state index in [1.165, 1.54) is 0 Å². The predicted octanol–water partition coefficient (Wildman–Crippen LogP) is 0.699. The Morgan fingerprint density at radius 1 is 1.50 bits per heavy atom. The molecule has 0 atom stereocenters. The van der Waals surface area contributed by atoms with Gasteiger partial charge in [-0.25, -0.2) is 9.99 Å². The van der Waals surface area contributed by atoms with Crippen molar-refractivity contribution in [2.24, 2.45) is 5.10 Å². The fraction of sp³-hybridized carbons (Fsp3) is 0.300. The van der Waals surface area contributed by atoms with Crippen molar-refractivity contribution >= 4 is 29.0 Å². The van der Waals surface area contributed by atoms with Crippen LogP contribution in [0.5, 0.6) is 0 Å². The lowest BCUT2D eigenvalue weighted by molar-refractivity contribution is 0.896. The Hall–Kier alpha value is -1.69. The summed E-state index contributed by atoms with van der Waals surface area (Å²) in [6.45, 7) is 0.825. The van der Waals surface area contributed by atoms with E-state index in [9.17, 15) is 0 Å². The molecule has 0 spiro atoms. The standard InChI is InChI=1S/C10H13N5S/c1-11-10(16)13-8-5-7-15(14-8)9-4-2-3-6-12-9/h2-4,6H,5,7H2,1H3,(H2,11,13,14,16). The van der Waals surface area contributed by atoms with Gasteiger partial charge in [0.15, 0.2) is 5.11 Å². The maximum Gasteiger partial charge on any atom is 0.171 e. The van der Waals surface area contributed by atoms with Crippen LogP contribution in [0.4, 0.5) is 5.82 Å². The number of anilines is 1. The first-order valence-electron chi connectivity index (χ1n) is 5.04. The lowest BCUT2D eigenvalue weighted by Crippen LogP contribution is -2.36. The molecular formula is C10H13N5S. The number of nitrogens with one attached hydrogen (secondary N) is 2. The number of hydrogen-bond acceptors (Lipinski definition) is 4. The molecule has 5 nitrogen and oxygen atoms in total. The van der Waals surface area contributed by atoms with Gasteiger partial charge in [-0.3, -0.25) is 0 Å². The normalized spacial score (nSPS) is 14.6. The third-order valence-corrected chi connectivity index (χ3v) is 2.51.